The van der Waals surface area contributed by atoms with Crippen molar-refractivity contribution in [1.82, 2.24) is 19.5 Å². The standard InChI is InChI=1S/C12H15F3N4/c1-2-3-4-10-16-7-9-11(18-10)19(8-17-9)6-5-12(13,14)15/h7-8H,2-6H2,1H3. The van der Waals surface area contributed by atoms with Crippen LogP contribution in [-0.4, -0.2) is 25.7 Å². The average Bonchev–Trinajstić information content (AvgIpc) is 2.75. The van der Waals surface area contributed by atoms with Crippen molar-refractivity contribution in [3.8, 4) is 0 Å². The van der Waals surface area contributed by atoms with Crippen LogP contribution in [0.4, 0.5) is 13.2 Å². The summed E-state index contributed by atoms with van der Waals surface area (Å²) in [7, 11) is 0. The smallest absolute Gasteiger partial charge is 0.315 e. The number of fused-ring (bicyclic) bond motifs is 1. The molecule has 0 aromatic carbocycles. The van der Waals surface area contributed by atoms with E-state index in [4.69, 9.17) is 0 Å². The molecule has 0 aliphatic rings. The SMILES string of the molecule is CCCCc1ncc2ncn(CCC(F)(F)F)c2n1. The molecule has 7 heteroatoms. The molecule has 0 bridgehead atoms. The van der Waals surface area contributed by atoms with Gasteiger partial charge in [0.05, 0.1) is 18.9 Å². The number of aryl methyl sites for hydroxylation is 2. The number of hydrogen-bond acceptors (Lipinski definition) is 3. The first-order valence-electron chi connectivity index (χ1n) is 6.23. The van der Waals surface area contributed by atoms with E-state index < -0.39 is 12.6 Å². The Bertz CT molecular complexity index is 547. The summed E-state index contributed by atoms with van der Waals surface area (Å²) in [5.74, 6) is 0.656. The first kappa shape index (κ1) is 13.8. The van der Waals surface area contributed by atoms with E-state index in [1.165, 1.54) is 10.9 Å². The predicted molar refractivity (Wildman–Crippen MR) is 64.6 cm³/mol. The number of halogens is 3. The average molecular weight is 272 g/mol. The quantitative estimate of drug-likeness (QED) is 0.840. The molecule has 0 radical (unpaired) electrons. The maximum Gasteiger partial charge on any atom is 0.390 e. The van der Waals surface area contributed by atoms with E-state index in [-0.39, 0.29) is 6.54 Å². The molecule has 0 amide bonds. The summed E-state index contributed by atoms with van der Waals surface area (Å²) in [6, 6.07) is 0. The molecule has 2 aromatic rings. The van der Waals surface area contributed by atoms with Gasteiger partial charge in [0, 0.05) is 13.0 Å². The van der Waals surface area contributed by atoms with Crippen LogP contribution < -0.4 is 0 Å². The van der Waals surface area contributed by atoms with Crippen LogP contribution in [0, 0.1) is 0 Å². The van der Waals surface area contributed by atoms with Crippen molar-refractivity contribution in [3.63, 3.8) is 0 Å². The van der Waals surface area contributed by atoms with Crippen LogP contribution in [0.5, 0.6) is 0 Å². The number of imidazole rings is 1. The molecule has 2 rings (SSSR count). The molecular weight excluding hydrogens is 257 g/mol. The van der Waals surface area contributed by atoms with Crippen LogP contribution in [0.1, 0.15) is 32.0 Å². The zero-order chi connectivity index (χ0) is 13.9. The zero-order valence-corrected chi connectivity index (χ0v) is 10.6. The van der Waals surface area contributed by atoms with Crippen LogP contribution in [0.3, 0.4) is 0 Å². The van der Waals surface area contributed by atoms with Gasteiger partial charge in [-0.25, -0.2) is 15.0 Å². The van der Waals surface area contributed by atoms with Crippen molar-refractivity contribution >= 4 is 11.2 Å². The largest absolute Gasteiger partial charge is 0.390 e. The molecule has 0 saturated carbocycles. The van der Waals surface area contributed by atoms with Crippen LogP contribution in [-0.2, 0) is 13.0 Å². The lowest BCUT2D eigenvalue weighted by Crippen LogP contribution is -2.12. The predicted octanol–water partition coefficient (Wildman–Crippen LogP) is 3.12. The van der Waals surface area contributed by atoms with Gasteiger partial charge in [0.15, 0.2) is 5.65 Å². The summed E-state index contributed by atoms with van der Waals surface area (Å²) in [6.07, 6.45) is 0.612. The van der Waals surface area contributed by atoms with Crippen LogP contribution >= 0.6 is 0 Å². The van der Waals surface area contributed by atoms with Crippen LogP contribution in [0.15, 0.2) is 12.5 Å². The monoisotopic (exact) mass is 272 g/mol. The maximum absolute atomic E-state index is 12.2. The minimum atomic E-state index is -4.17. The Hall–Kier alpha value is -1.66. The molecule has 4 nitrogen and oxygen atoms in total. The molecule has 19 heavy (non-hydrogen) atoms. The van der Waals surface area contributed by atoms with Crippen molar-refractivity contribution in [3.05, 3.63) is 18.3 Å². The Morgan fingerprint density at radius 2 is 2.05 bits per heavy atom. The molecule has 0 saturated heterocycles. The molecule has 0 fully saturated rings. The van der Waals surface area contributed by atoms with E-state index in [2.05, 4.69) is 21.9 Å². The molecule has 2 heterocycles. The summed E-state index contributed by atoms with van der Waals surface area (Å²) in [6.45, 7) is 1.90. The number of alkyl halides is 3. The van der Waals surface area contributed by atoms with Gasteiger partial charge in [-0.1, -0.05) is 13.3 Å². The van der Waals surface area contributed by atoms with Crippen molar-refractivity contribution in [1.29, 1.82) is 0 Å². The Balaban J connectivity index is 2.19. The van der Waals surface area contributed by atoms with Gasteiger partial charge >= 0.3 is 6.18 Å². The van der Waals surface area contributed by atoms with Crippen molar-refractivity contribution in [2.24, 2.45) is 0 Å². The molecule has 104 valence electrons. The molecule has 0 unspecified atom stereocenters. The molecule has 0 N–H and O–H groups in total. The van der Waals surface area contributed by atoms with Gasteiger partial charge in [-0.2, -0.15) is 13.2 Å². The number of unbranched alkanes of at least 4 members (excludes halogenated alkanes) is 1. The lowest BCUT2D eigenvalue weighted by Gasteiger charge is -2.07. The lowest BCUT2D eigenvalue weighted by atomic mass is 10.2. The van der Waals surface area contributed by atoms with E-state index in [1.54, 1.807) is 6.20 Å². The van der Waals surface area contributed by atoms with E-state index in [0.717, 1.165) is 19.3 Å². The fraction of sp³-hybridized carbons (Fsp3) is 0.583. The molecule has 0 aliphatic heterocycles. The van der Waals surface area contributed by atoms with E-state index >= 15 is 0 Å². The number of aromatic nitrogens is 4. The van der Waals surface area contributed by atoms with Gasteiger partial charge in [-0.3, -0.25) is 0 Å². The van der Waals surface area contributed by atoms with Gasteiger partial charge in [-0.05, 0) is 6.42 Å². The highest BCUT2D eigenvalue weighted by Crippen LogP contribution is 2.21. The number of rotatable bonds is 5. The molecular formula is C12H15F3N4. The second-order valence-electron chi connectivity index (χ2n) is 4.40. The first-order chi connectivity index (χ1) is 8.99. The Morgan fingerprint density at radius 1 is 1.26 bits per heavy atom. The highest BCUT2D eigenvalue weighted by Gasteiger charge is 2.27. The lowest BCUT2D eigenvalue weighted by molar-refractivity contribution is -0.136. The second kappa shape index (κ2) is 5.54. The number of hydrogen-bond donors (Lipinski definition) is 0. The van der Waals surface area contributed by atoms with Gasteiger partial charge < -0.3 is 4.57 Å². The van der Waals surface area contributed by atoms with Crippen LogP contribution in [0.2, 0.25) is 0 Å². The van der Waals surface area contributed by atoms with Crippen LogP contribution in [0.25, 0.3) is 11.2 Å². The minimum absolute atomic E-state index is 0.162. The Morgan fingerprint density at radius 3 is 2.74 bits per heavy atom. The molecule has 0 atom stereocenters. The normalized spacial score (nSPS) is 12.2. The second-order valence-corrected chi connectivity index (χ2v) is 4.40. The van der Waals surface area contributed by atoms with E-state index in [1.807, 2.05) is 0 Å². The Kier molecular flexibility index (Phi) is 4.01. The molecule has 2 aromatic heterocycles. The van der Waals surface area contributed by atoms with Gasteiger partial charge in [0.25, 0.3) is 0 Å². The third kappa shape index (κ3) is 3.65. The fourth-order valence-corrected chi connectivity index (χ4v) is 1.76. The van der Waals surface area contributed by atoms with E-state index in [0.29, 0.717) is 17.0 Å². The van der Waals surface area contributed by atoms with Crippen molar-refractivity contribution in [2.75, 3.05) is 0 Å². The maximum atomic E-state index is 12.2. The van der Waals surface area contributed by atoms with Gasteiger partial charge in [0.2, 0.25) is 0 Å². The van der Waals surface area contributed by atoms with Crippen molar-refractivity contribution in [2.45, 2.75) is 45.3 Å². The molecule has 0 spiro atoms. The highest BCUT2D eigenvalue weighted by atomic mass is 19.4. The van der Waals surface area contributed by atoms with Gasteiger partial charge in [0.1, 0.15) is 11.3 Å². The van der Waals surface area contributed by atoms with E-state index in [9.17, 15) is 13.2 Å². The minimum Gasteiger partial charge on any atom is -0.315 e. The summed E-state index contributed by atoms with van der Waals surface area (Å²) in [5.41, 5.74) is 1.01. The summed E-state index contributed by atoms with van der Waals surface area (Å²) >= 11 is 0. The third-order valence-corrected chi connectivity index (χ3v) is 2.80. The topological polar surface area (TPSA) is 43.6 Å². The first-order valence-corrected chi connectivity index (χ1v) is 6.23. The third-order valence-electron chi connectivity index (χ3n) is 2.80. The summed E-state index contributed by atoms with van der Waals surface area (Å²) in [4.78, 5) is 12.5. The number of nitrogens with zero attached hydrogens (tertiary/aromatic N) is 4. The summed E-state index contributed by atoms with van der Waals surface area (Å²) in [5, 5.41) is 0. The van der Waals surface area contributed by atoms with Crippen molar-refractivity contribution < 1.29 is 13.2 Å². The molecule has 0 aliphatic carbocycles. The summed E-state index contributed by atoms with van der Waals surface area (Å²) < 4.78 is 38.1. The Labute approximate surface area is 108 Å². The highest BCUT2D eigenvalue weighted by molar-refractivity contribution is 5.69. The fourth-order valence-electron chi connectivity index (χ4n) is 1.76. The van der Waals surface area contributed by atoms with Gasteiger partial charge in [-0.15, -0.1) is 0 Å². The zero-order valence-electron chi connectivity index (χ0n) is 10.6.